The molecule has 2 N–H and O–H groups in total. The maximum atomic E-state index is 10.1. The Morgan fingerprint density at radius 1 is 1.33 bits per heavy atom. The van der Waals surface area contributed by atoms with Crippen LogP contribution < -0.4 is 5.32 Å². The lowest BCUT2D eigenvalue weighted by Crippen LogP contribution is -2.60. The molecule has 1 saturated heterocycles. The number of hydrogen-bond acceptors (Lipinski definition) is 3. The highest BCUT2D eigenvalue weighted by Gasteiger charge is 2.35. The SMILES string of the molecule is OC1(Cc2cc3c(s2)CCCC3)CNC1. The van der Waals surface area contributed by atoms with E-state index in [2.05, 4.69) is 11.4 Å². The second-order valence-electron chi connectivity index (χ2n) is 4.87. The maximum absolute atomic E-state index is 10.1. The Morgan fingerprint density at radius 2 is 2.13 bits per heavy atom. The quantitative estimate of drug-likeness (QED) is 0.796. The minimum atomic E-state index is -0.451. The van der Waals surface area contributed by atoms with Gasteiger partial charge in [-0.3, -0.25) is 0 Å². The van der Waals surface area contributed by atoms with Crippen molar-refractivity contribution in [2.45, 2.75) is 37.7 Å². The molecule has 0 atom stereocenters. The van der Waals surface area contributed by atoms with Crippen molar-refractivity contribution in [3.8, 4) is 0 Å². The topological polar surface area (TPSA) is 32.3 Å². The molecule has 2 nitrogen and oxygen atoms in total. The fourth-order valence-corrected chi connectivity index (χ4v) is 3.90. The fourth-order valence-electron chi connectivity index (χ4n) is 2.50. The highest BCUT2D eigenvalue weighted by atomic mass is 32.1. The Bertz CT molecular complexity index is 344. The zero-order valence-electron chi connectivity index (χ0n) is 8.88. The molecule has 2 aliphatic rings. The molecule has 3 rings (SSSR count). The summed E-state index contributed by atoms with van der Waals surface area (Å²) in [6, 6.07) is 2.33. The lowest BCUT2D eigenvalue weighted by Gasteiger charge is -2.37. The number of β-amino-alcohol motifs (C(OH)–C–C–N with tert-alkyl or cyclic N) is 1. The molecule has 2 heterocycles. The summed E-state index contributed by atoms with van der Waals surface area (Å²) < 4.78 is 0. The monoisotopic (exact) mass is 223 g/mol. The van der Waals surface area contributed by atoms with Crippen molar-refractivity contribution in [1.82, 2.24) is 5.32 Å². The standard InChI is InChI=1S/C12H17NOS/c14-12(7-13-8-12)6-10-5-9-3-1-2-4-11(9)15-10/h5,13-14H,1-4,6-8H2. The molecule has 0 saturated carbocycles. The molecule has 1 aliphatic carbocycles. The predicted octanol–water partition coefficient (Wildman–Crippen LogP) is 1.50. The van der Waals surface area contributed by atoms with Crippen molar-refractivity contribution in [3.05, 3.63) is 21.4 Å². The molecule has 0 spiro atoms. The Kier molecular flexibility index (Phi) is 2.34. The van der Waals surface area contributed by atoms with Crippen molar-refractivity contribution in [2.24, 2.45) is 0 Å². The number of rotatable bonds is 2. The van der Waals surface area contributed by atoms with Gasteiger partial charge in [0, 0.05) is 29.3 Å². The molecule has 0 unspecified atom stereocenters. The van der Waals surface area contributed by atoms with Gasteiger partial charge in [-0.05, 0) is 37.3 Å². The summed E-state index contributed by atoms with van der Waals surface area (Å²) in [7, 11) is 0. The number of aliphatic hydroxyl groups is 1. The normalized spacial score (nSPS) is 23.3. The fraction of sp³-hybridized carbons (Fsp3) is 0.667. The van der Waals surface area contributed by atoms with E-state index in [0.29, 0.717) is 0 Å². The Balaban J connectivity index is 1.77. The van der Waals surface area contributed by atoms with E-state index in [4.69, 9.17) is 0 Å². The summed E-state index contributed by atoms with van der Waals surface area (Å²) in [5.74, 6) is 0. The van der Waals surface area contributed by atoms with Crippen LogP contribution in [0.3, 0.4) is 0 Å². The highest BCUT2D eigenvalue weighted by molar-refractivity contribution is 7.12. The summed E-state index contributed by atoms with van der Waals surface area (Å²) in [6.45, 7) is 1.52. The smallest absolute Gasteiger partial charge is 0.0943 e. The van der Waals surface area contributed by atoms with E-state index in [-0.39, 0.29) is 0 Å². The Labute approximate surface area is 94.3 Å². The largest absolute Gasteiger partial charge is 0.387 e. The van der Waals surface area contributed by atoms with Gasteiger partial charge < -0.3 is 10.4 Å². The van der Waals surface area contributed by atoms with Crippen LogP contribution in [0.4, 0.5) is 0 Å². The van der Waals surface area contributed by atoms with Gasteiger partial charge >= 0.3 is 0 Å². The molecular formula is C12H17NOS. The zero-order valence-corrected chi connectivity index (χ0v) is 9.70. The van der Waals surface area contributed by atoms with Crippen LogP contribution in [0.2, 0.25) is 0 Å². The van der Waals surface area contributed by atoms with Gasteiger partial charge in [-0.15, -0.1) is 11.3 Å². The molecular weight excluding hydrogens is 206 g/mol. The molecule has 1 fully saturated rings. The average Bonchev–Trinajstić information content (AvgIpc) is 2.57. The van der Waals surface area contributed by atoms with E-state index in [0.717, 1.165) is 19.5 Å². The summed E-state index contributed by atoms with van der Waals surface area (Å²) in [4.78, 5) is 2.96. The Hall–Kier alpha value is -0.380. The number of thiophene rings is 1. The van der Waals surface area contributed by atoms with Gasteiger partial charge in [0.25, 0.3) is 0 Å². The van der Waals surface area contributed by atoms with E-state index in [1.807, 2.05) is 11.3 Å². The third-order valence-electron chi connectivity index (χ3n) is 3.46. The summed E-state index contributed by atoms with van der Waals surface area (Å²) in [5, 5.41) is 13.2. The van der Waals surface area contributed by atoms with Gasteiger partial charge in [0.2, 0.25) is 0 Å². The zero-order chi connectivity index (χ0) is 10.3. The lowest BCUT2D eigenvalue weighted by molar-refractivity contribution is -0.00834. The predicted molar refractivity (Wildman–Crippen MR) is 62.5 cm³/mol. The van der Waals surface area contributed by atoms with Gasteiger partial charge in [-0.2, -0.15) is 0 Å². The molecule has 0 bridgehead atoms. The number of aryl methyl sites for hydroxylation is 2. The Morgan fingerprint density at radius 3 is 2.80 bits per heavy atom. The van der Waals surface area contributed by atoms with Crippen LogP contribution in [0.5, 0.6) is 0 Å². The lowest BCUT2D eigenvalue weighted by atomic mass is 9.91. The minimum absolute atomic E-state index is 0.451. The molecule has 0 aromatic carbocycles. The third kappa shape index (κ3) is 1.84. The van der Waals surface area contributed by atoms with Gasteiger partial charge in [0.15, 0.2) is 0 Å². The molecule has 3 heteroatoms. The molecule has 0 amide bonds. The van der Waals surface area contributed by atoms with Crippen molar-refractivity contribution in [1.29, 1.82) is 0 Å². The second kappa shape index (κ2) is 3.58. The van der Waals surface area contributed by atoms with E-state index in [1.54, 1.807) is 10.4 Å². The van der Waals surface area contributed by atoms with E-state index >= 15 is 0 Å². The number of hydrogen-bond donors (Lipinski definition) is 2. The summed E-state index contributed by atoms with van der Waals surface area (Å²) in [6.07, 6.45) is 6.05. The van der Waals surface area contributed by atoms with Gasteiger partial charge in [0.05, 0.1) is 5.60 Å². The van der Waals surface area contributed by atoms with Crippen molar-refractivity contribution in [2.75, 3.05) is 13.1 Å². The molecule has 1 aromatic heterocycles. The first-order valence-electron chi connectivity index (χ1n) is 5.79. The van der Waals surface area contributed by atoms with Crippen molar-refractivity contribution >= 4 is 11.3 Å². The first kappa shape index (κ1) is 9.82. The molecule has 0 radical (unpaired) electrons. The van der Waals surface area contributed by atoms with E-state index in [1.165, 1.54) is 30.6 Å². The van der Waals surface area contributed by atoms with E-state index < -0.39 is 5.60 Å². The first-order valence-corrected chi connectivity index (χ1v) is 6.60. The van der Waals surface area contributed by atoms with Crippen molar-refractivity contribution in [3.63, 3.8) is 0 Å². The molecule has 82 valence electrons. The van der Waals surface area contributed by atoms with Gasteiger partial charge in [0.1, 0.15) is 0 Å². The molecule has 1 aromatic rings. The summed E-state index contributed by atoms with van der Waals surface area (Å²) in [5.41, 5.74) is 1.10. The minimum Gasteiger partial charge on any atom is -0.387 e. The van der Waals surface area contributed by atoms with Crippen molar-refractivity contribution < 1.29 is 5.11 Å². The molecule has 15 heavy (non-hydrogen) atoms. The van der Waals surface area contributed by atoms with Crippen LogP contribution in [0, 0.1) is 0 Å². The van der Waals surface area contributed by atoms with E-state index in [9.17, 15) is 5.11 Å². The number of nitrogens with one attached hydrogen (secondary N) is 1. The number of fused-ring (bicyclic) bond motifs is 1. The van der Waals surface area contributed by atoms with Crippen LogP contribution in [0.25, 0.3) is 0 Å². The van der Waals surface area contributed by atoms with Crippen LogP contribution in [0.15, 0.2) is 6.07 Å². The maximum Gasteiger partial charge on any atom is 0.0943 e. The molecule has 1 aliphatic heterocycles. The van der Waals surface area contributed by atoms with Crippen LogP contribution in [-0.4, -0.2) is 23.8 Å². The van der Waals surface area contributed by atoms with Crippen LogP contribution in [0.1, 0.15) is 28.2 Å². The van der Waals surface area contributed by atoms with Gasteiger partial charge in [-0.25, -0.2) is 0 Å². The average molecular weight is 223 g/mol. The summed E-state index contributed by atoms with van der Waals surface area (Å²) >= 11 is 1.92. The van der Waals surface area contributed by atoms with Crippen LogP contribution in [-0.2, 0) is 19.3 Å². The van der Waals surface area contributed by atoms with Gasteiger partial charge in [-0.1, -0.05) is 0 Å². The second-order valence-corrected chi connectivity index (χ2v) is 6.09. The first-order chi connectivity index (χ1) is 7.25. The highest BCUT2D eigenvalue weighted by Crippen LogP contribution is 2.32. The van der Waals surface area contributed by atoms with Crippen LogP contribution >= 0.6 is 11.3 Å². The third-order valence-corrected chi connectivity index (χ3v) is 4.70.